The second-order valence-corrected chi connectivity index (χ2v) is 3.76. The number of H-pyrrole nitrogens is 1. The van der Waals surface area contributed by atoms with Gasteiger partial charge in [-0.15, -0.1) is 0 Å². The Morgan fingerprint density at radius 3 is 2.69 bits per heavy atom. The number of hydrogen-bond donors (Lipinski definition) is 2. The second-order valence-electron chi connectivity index (χ2n) is 3.76. The molecule has 0 amide bonds. The zero-order valence-corrected chi connectivity index (χ0v) is 9.11. The third-order valence-corrected chi connectivity index (χ3v) is 2.67. The van der Waals surface area contributed by atoms with Gasteiger partial charge in [0.15, 0.2) is 0 Å². The number of carbonyl (C=O) groups is 1. The molecule has 0 aliphatic carbocycles. The molecule has 4 heteroatoms. The number of nitrogens with zero attached hydrogens (tertiary/aromatic N) is 1. The first kappa shape index (κ1) is 10.4. The van der Waals surface area contributed by atoms with Gasteiger partial charge in [-0.1, -0.05) is 12.1 Å². The number of carboxylic acid groups (broad SMARTS) is 1. The molecule has 0 aliphatic rings. The lowest BCUT2D eigenvalue weighted by Gasteiger charge is -2.04. The Hall–Kier alpha value is -2.10. The fraction of sp³-hybridized carbons (Fsp3) is 0.167. The van der Waals surface area contributed by atoms with E-state index in [1.807, 2.05) is 32.0 Å². The molecule has 4 nitrogen and oxygen atoms in total. The molecule has 0 bridgehead atoms. The van der Waals surface area contributed by atoms with Crippen LogP contribution in [0.25, 0.3) is 11.3 Å². The summed E-state index contributed by atoms with van der Waals surface area (Å²) >= 11 is 0. The SMILES string of the molecule is Cc1ccc(-c2[nH]ncc2C(=O)O)cc1C. The van der Waals surface area contributed by atoms with Crippen LogP contribution in [0.3, 0.4) is 0 Å². The second kappa shape index (κ2) is 3.81. The molecule has 2 aromatic rings. The number of aromatic nitrogens is 2. The molecular formula is C12H12N2O2. The summed E-state index contributed by atoms with van der Waals surface area (Å²) in [7, 11) is 0. The number of aromatic amines is 1. The van der Waals surface area contributed by atoms with Gasteiger partial charge >= 0.3 is 5.97 Å². The van der Waals surface area contributed by atoms with E-state index in [9.17, 15) is 4.79 Å². The summed E-state index contributed by atoms with van der Waals surface area (Å²) in [4.78, 5) is 10.9. The molecule has 2 N–H and O–H groups in total. The van der Waals surface area contributed by atoms with Gasteiger partial charge in [0.25, 0.3) is 0 Å². The van der Waals surface area contributed by atoms with Crippen LogP contribution in [0.2, 0.25) is 0 Å². The van der Waals surface area contributed by atoms with Crippen molar-refractivity contribution in [2.75, 3.05) is 0 Å². The van der Waals surface area contributed by atoms with Gasteiger partial charge in [-0.05, 0) is 31.0 Å². The quantitative estimate of drug-likeness (QED) is 0.810. The third kappa shape index (κ3) is 1.69. The van der Waals surface area contributed by atoms with Crippen molar-refractivity contribution in [3.8, 4) is 11.3 Å². The number of hydrogen-bond acceptors (Lipinski definition) is 2. The molecule has 16 heavy (non-hydrogen) atoms. The van der Waals surface area contributed by atoms with E-state index in [0.29, 0.717) is 5.69 Å². The van der Waals surface area contributed by atoms with Crippen molar-refractivity contribution in [2.45, 2.75) is 13.8 Å². The maximum atomic E-state index is 10.9. The summed E-state index contributed by atoms with van der Waals surface area (Å²) in [5, 5.41) is 15.5. The molecule has 0 saturated heterocycles. The van der Waals surface area contributed by atoms with Crippen molar-refractivity contribution >= 4 is 5.97 Å². The molecule has 0 atom stereocenters. The molecule has 82 valence electrons. The van der Waals surface area contributed by atoms with Crippen molar-refractivity contribution in [3.63, 3.8) is 0 Å². The average molecular weight is 216 g/mol. The van der Waals surface area contributed by atoms with Gasteiger partial charge < -0.3 is 5.11 Å². The molecule has 0 radical (unpaired) electrons. The van der Waals surface area contributed by atoms with Crippen LogP contribution in [-0.2, 0) is 0 Å². The predicted molar refractivity (Wildman–Crippen MR) is 60.5 cm³/mol. The van der Waals surface area contributed by atoms with Crippen LogP contribution in [-0.4, -0.2) is 21.3 Å². The number of carboxylic acids is 1. The number of nitrogens with one attached hydrogen (secondary N) is 1. The fourth-order valence-electron chi connectivity index (χ4n) is 1.57. The molecule has 0 aliphatic heterocycles. The van der Waals surface area contributed by atoms with Crippen LogP contribution in [0.4, 0.5) is 0 Å². The highest BCUT2D eigenvalue weighted by molar-refractivity contribution is 5.94. The molecular weight excluding hydrogens is 204 g/mol. The smallest absolute Gasteiger partial charge is 0.339 e. The topological polar surface area (TPSA) is 66.0 Å². The highest BCUT2D eigenvalue weighted by Crippen LogP contribution is 2.23. The average Bonchev–Trinajstić information content (AvgIpc) is 2.71. The van der Waals surface area contributed by atoms with Gasteiger partial charge in [-0.3, -0.25) is 5.10 Å². The molecule has 2 rings (SSSR count). The van der Waals surface area contributed by atoms with E-state index in [1.165, 1.54) is 11.8 Å². The Morgan fingerprint density at radius 2 is 2.06 bits per heavy atom. The molecule has 0 spiro atoms. The first-order valence-corrected chi connectivity index (χ1v) is 4.94. The minimum Gasteiger partial charge on any atom is -0.478 e. The first-order valence-electron chi connectivity index (χ1n) is 4.94. The van der Waals surface area contributed by atoms with Crippen molar-refractivity contribution in [1.29, 1.82) is 0 Å². The maximum Gasteiger partial charge on any atom is 0.339 e. The Balaban J connectivity index is 2.54. The zero-order valence-electron chi connectivity index (χ0n) is 9.11. The molecule has 0 saturated carbocycles. The Kier molecular flexibility index (Phi) is 2.48. The minimum absolute atomic E-state index is 0.197. The van der Waals surface area contributed by atoms with E-state index in [2.05, 4.69) is 10.2 Å². The van der Waals surface area contributed by atoms with Crippen LogP contribution >= 0.6 is 0 Å². The van der Waals surface area contributed by atoms with Gasteiger partial charge in [0, 0.05) is 5.56 Å². The van der Waals surface area contributed by atoms with Crippen molar-refractivity contribution in [2.24, 2.45) is 0 Å². The van der Waals surface area contributed by atoms with E-state index in [0.717, 1.165) is 11.1 Å². The highest BCUT2D eigenvalue weighted by Gasteiger charge is 2.13. The first-order chi connectivity index (χ1) is 7.59. The molecule has 1 aromatic carbocycles. The van der Waals surface area contributed by atoms with Crippen LogP contribution in [0, 0.1) is 13.8 Å². The van der Waals surface area contributed by atoms with Gasteiger partial charge in [-0.25, -0.2) is 4.79 Å². The highest BCUT2D eigenvalue weighted by atomic mass is 16.4. The minimum atomic E-state index is -0.970. The Labute approximate surface area is 92.9 Å². The Bertz CT molecular complexity index is 544. The summed E-state index contributed by atoms with van der Waals surface area (Å²) in [6, 6.07) is 5.81. The molecule has 1 heterocycles. The van der Waals surface area contributed by atoms with Crippen LogP contribution in [0.5, 0.6) is 0 Å². The number of rotatable bonds is 2. The van der Waals surface area contributed by atoms with E-state index in [4.69, 9.17) is 5.11 Å². The van der Waals surface area contributed by atoms with Crippen LogP contribution < -0.4 is 0 Å². The lowest BCUT2D eigenvalue weighted by Crippen LogP contribution is -1.97. The van der Waals surface area contributed by atoms with E-state index in [-0.39, 0.29) is 5.56 Å². The van der Waals surface area contributed by atoms with Crippen molar-refractivity contribution < 1.29 is 9.90 Å². The van der Waals surface area contributed by atoms with Gasteiger partial charge in [-0.2, -0.15) is 5.10 Å². The molecule has 0 fully saturated rings. The van der Waals surface area contributed by atoms with Gasteiger partial charge in [0.05, 0.1) is 11.9 Å². The van der Waals surface area contributed by atoms with E-state index >= 15 is 0 Å². The third-order valence-electron chi connectivity index (χ3n) is 2.67. The standard InChI is InChI=1S/C12H12N2O2/c1-7-3-4-9(5-8(7)2)11-10(12(15)16)6-13-14-11/h3-6H,1-2H3,(H,13,14)(H,15,16). The van der Waals surface area contributed by atoms with E-state index < -0.39 is 5.97 Å². The number of benzene rings is 1. The van der Waals surface area contributed by atoms with Gasteiger partial charge in [0.1, 0.15) is 5.56 Å². The molecule has 0 unspecified atom stereocenters. The van der Waals surface area contributed by atoms with Crippen LogP contribution in [0.15, 0.2) is 24.4 Å². The van der Waals surface area contributed by atoms with Crippen LogP contribution in [0.1, 0.15) is 21.5 Å². The summed E-state index contributed by atoms with van der Waals surface area (Å²) in [6.45, 7) is 4.01. The van der Waals surface area contributed by atoms with Crippen molar-refractivity contribution in [1.82, 2.24) is 10.2 Å². The van der Waals surface area contributed by atoms with Gasteiger partial charge in [0.2, 0.25) is 0 Å². The maximum absolute atomic E-state index is 10.9. The lowest BCUT2D eigenvalue weighted by atomic mass is 10.0. The fourth-order valence-corrected chi connectivity index (χ4v) is 1.57. The van der Waals surface area contributed by atoms with Crippen molar-refractivity contribution in [3.05, 3.63) is 41.1 Å². The summed E-state index contributed by atoms with van der Waals surface area (Å²) in [5.41, 5.74) is 3.90. The summed E-state index contributed by atoms with van der Waals surface area (Å²) in [6.07, 6.45) is 1.33. The molecule has 1 aromatic heterocycles. The summed E-state index contributed by atoms with van der Waals surface area (Å²) < 4.78 is 0. The lowest BCUT2D eigenvalue weighted by molar-refractivity contribution is 0.0698. The normalized spacial score (nSPS) is 10.4. The monoisotopic (exact) mass is 216 g/mol. The predicted octanol–water partition coefficient (Wildman–Crippen LogP) is 2.39. The van der Waals surface area contributed by atoms with E-state index in [1.54, 1.807) is 0 Å². The number of aryl methyl sites for hydroxylation is 2. The largest absolute Gasteiger partial charge is 0.478 e. The zero-order chi connectivity index (χ0) is 11.7. The Morgan fingerprint density at radius 1 is 1.31 bits per heavy atom. The summed E-state index contributed by atoms with van der Waals surface area (Å²) in [5.74, 6) is -0.970. The number of aromatic carboxylic acids is 1.